The van der Waals surface area contributed by atoms with Crippen molar-refractivity contribution in [1.82, 2.24) is 0 Å². The van der Waals surface area contributed by atoms with Gasteiger partial charge in [-0.2, -0.15) is 5.11 Å². The second-order valence-electron chi connectivity index (χ2n) is 3.72. The van der Waals surface area contributed by atoms with Gasteiger partial charge in [-0.1, -0.05) is 53.8 Å². The first kappa shape index (κ1) is 12.0. The summed E-state index contributed by atoms with van der Waals surface area (Å²) in [5, 5.41) is 15.4. The third-order valence-corrected chi connectivity index (χ3v) is 2.43. The van der Waals surface area contributed by atoms with E-state index in [9.17, 15) is 0 Å². The molecule has 0 aliphatic carbocycles. The van der Waals surface area contributed by atoms with Crippen LogP contribution in [0.4, 0.5) is 5.69 Å². The minimum absolute atomic E-state index is 0.345. The quantitative estimate of drug-likeness (QED) is 0.464. The van der Waals surface area contributed by atoms with Crippen molar-refractivity contribution in [3.63, 3.8) is 0 Å². The zero-order valence-electron chi connectivity index (χ0n) is 9.82. The van der Waals surface area contributed by atoms with Crippen molar-refractivity contribution in [1.29, 1.82) is 5.41 Å². The van der Waals surface area contributed by atoms with Crippen LogP contribution in [0.25, 0.3) is 0 Å². The predicted molar refractivity (Wildman–Crippen MR) is 72.9 cm³/mol. The van der Waals surface area contributed by atoms with E-state index in [0.717, 1.165) is 11.3 Å². The Labute approximate surface area is 106 Å². The van der Waals surface area contributed by atoms with E-state index in [2.05, 4.69) is 15.8 Å². The largest absolute Gasteiger partial charge is 0.310 e. The highest BCUT2D eigenvalue weighted by molar-refractivity contribution is 5.64. The molecule has 1 atom stereocenters. The summed E-state index contributed by atoms with van der Waals surface area (Å²) in [6.45, 7) is 0. The summed E-state index contributed by atoms with van der Waals surface area (Å²) in [5.41, 5.74) is 4.66. The Morgan fingerprint density at radius 3 is 2.17 bits per heavy atom. The molecule has 0 aliphatic heterocycles. The molecule has 2 aromatic carbocycles. The summed E-state index contributed by atoms with van der Waals surface area (Å²) in [4.78, 5) is 0. The van der Waals surface area contributed by atoms with Crippen molar-refractivity contribution in [2.45, 2.75) is 6.04 Å². The van der Waals surface area contributed by atoms with Crippen molar-refractivity contribution in [3.8, 4) is 0 Å². The molecule has 18 heavy (non-hydrogen) atoms. The first-order valence-electron chi connectivity index (χ1n) is 5.66. The SMILES string of the molecule is N=CC(N=NNc1ccccc1)c1ccccc1. The molecule has 0 aromatic heterocycles. The smallest absolute Gasteiger partial charge is 0.132 e. The fourth-order valence-electron chi connectivity index (χ4n) is 1.51. The van der Waals surface area contributed by atoms with Crippen LogP contribution in [0.1, 0.15) is 11.6 Å². The lowest BCUT2D eigenvalue weighted by Gasteiger charge is -2.05. The molecule has 2 aromatic rings. The Kier molecular flexibility index (Phi) is 4.19. The van der Waals surface area contributed by atoms with E-state index >= 15 is 0 Å². The van der Waals surface area contributed by atoms with Gasteiger partial charge in [-0.05, 0) is 17.7 Å². The summed E-state index contributed by atoms with van der Waals surface area (Å²) in [6.07, 6.45) is 1.27. The molecule has 0 radical (unpaired) electrons. The molecule has 1 unspecified atom stereocenters. The lowest BCUT2D eigenvalue weighted by Crippen LogP contribution is -1.96. The van der Waals surface area contributed by atoms with Crippen LogP contribution in [-0.4, -0.2) is 6.21 Å². The van der Waals surface area contributed by atoms with Crippen LogP contribution in [0, 0.1) is 5.41 Å². The molecule has 0 amide bonds. The third-order valence-electron chi connectivity index (χ3n) is 2.43. The zero-order valence-corrected chi connectivity index (χ0v) is 9.82. The number of hydrogen-bond acceptors (Lipinski definition) is 3. The van der Waals surface area contributed by atoms with Crippen LogP contribution in [0.3, 0.4) is 0 Å². The molecule has 90 valence electrons. The predicted octanol–water partition coefficient (Wildman–Crippen LogP) is 3.86. The first-order chi connectivity index (χ1) is 8.90. The van der Waals surface area contributed by atoms with E-state index in [4.69, 9.17) is 5.41 Å². The van der Waals surface area contributed by atoms with Crippen LogP contribution in [0.5, 0.6) is 0 Å². The summed E-state index contributed by atoms with van der Waals surface area (Å²) in [5.74, 6) is 0. The molecule has 0 heterocycles. The normalized spacial score (nSPS) is 12.2. The number of nitrogens with one attached hydrogen (secondary N) is 2. The lowest BCUT2D eigenvalue weighted by molar-refractivity contribution is 0.865. The number of nitrogens with zero attached hydrogens (tertiary/aromatic N) is 2. The second kappa shape index (κ2) is 6.30. The maximum atomic E-state index is 7.37. The molecule has 0 spiro atoms. The molecule has 0 aliphatic rings. The van der Waals surface area contributed by atoms with Gasteiger partial charge in [-0.25, -0.2) is 0 Å². The minimum Gasteiger partial charge on any atom is -0.310 e. The van der Waals surface area contributed by atoms with Gasteiger partial charge in [0.15, 0.2) is 0 Å². The average Bonchev–Trinajstić information content (AvgIpc) is 2.46. The summed E-state index contributed by atoms with van der Waals surface area (Å²) in [7, 11) is 0. The Balaban J connectivity index is 2.01. The Hall–Kier alpha value is -2.49. The lowest BCUT2D eigenvalue weighted by atomic mass is 10.1. The Morgan fingerprint density at radius 1 is 0.944 bits per heavy atom. The van der Waals surface area contributed by atoms with Gasteiger partial charge in [-0.3, -0.25) is 5.43 Å². The number of para-hydroxylation sites is 1. The van der Waals surface area contributed by atoms with Crippen molar-refractivity contribution in [2.24, 2.45) is 10.3 Å². The molecule has 0 saturated carbocycles. The number of benzene rings is 2. The maximum Gasteiger partial charge on any atom is 0.132 e. The highest BCUT2D eigenvalue weighted by Crippen LogP contribution is 2.15. The van der Waals surface area contributed by atoms with Crippen LogP contribution in [0.15, 0.2) is 71.0 Å². The van der Waals surface area contributed by atoms with Gasteiger partial charge in [0.25, 0.3) is 0 Å². The van der Waals surface area contributed by atoms with Gasteiger partial charge < -0.3 is 5.41 Å². The van der Waals surface area contributed by atoms with Crippen LogP contribution >= 0.6 is 0 Å². The van der Waals surface area contributed by atoms with Gasteiger partial charge in [0.05, 0.1) is 5.69 Å². The summed E-state index contributed by atoms with van der Waals surface area (Å²) in [6, 6.07) is 18.9. The molecule has 4 heteroatoms. The standard InChI is InChI=1S/C14H14N4/c15-11-14(12-7-3-1-4-8-12)17-18-16-13-9-5-2-6-10-13/h1-11,14-15H,(H,16,17). The van der Waals surface area contributed by atoms with E-state index < -0.39 is 0 Å². The molecule has 2 rings (SSSR count). The number of anilines is 1. The van der Waals surface area contributed by atoms with E-state index in [0.29, 0.717) is 0 Å². The Morgan fingerprint density at radius 2 is 1.56 bits per heavy atom. The fraction of sp³-hybridized carbons (Fsp3) is 0.0714. The molecule has 2 N–H and O–H groups in total. The van der Waals surface area contributed by atoms with Gasteiger partial charge in [0.2, 0.25) is 0 Å². The van der Waals surface area contributed by atoms with Gasteiger partial charge in [0.1, 0.15) is 6.04 Å². The fourth-order valence-corrected chi connectivity index (χ4v) is 1.51. The molecule has 0 saturated heterocycles. The van der Waals surface area contributed by atoms with Crippen molar-refractivity contribution in [2.75, 3.05) is 5.43 Å². The topological polar surface area (TPSA) is 60.6 Å². The van der Waals surface area contributed by atoms with Crippen LogP contribution in [-0.2, 0) is 0 Å². The van der Waals surface area contributed by atoms with Gasteiger partial charge in [0, 0.05) is 6.21 Å². The van der Waals surface area contributed by atoms with Gasteiger partial charge >= 0.3 is 0 Å². The maximum absolute atomic E-state index is 7.37. The minimum atomic E-state index is -0.345. The third kappa shape index (κ3) is 3.25. The molecule has 4 nitrogen and oxygen atoms in total. The van der Waals surface area contributed by atoms with E-state index in [1.807, 2.05) is 60.7 Å². The van der Waals surface area contributed by atoms with E-state index in [-0.39, 0.29) is 6.04 Å². The van der Waals surface area contributed by atoms with E-state index in [1.165, 1.54) is 6.21 Å². The van der Waals surface area contributed by atoms with Crippen LogP contribution < -0.4 is 5.43 Å². The summed E-state index contributed by atoms with van der Waals surface area (Å²) < 4.78 is 0. The molecular weight excluding hydrogens is 224 g/mol. The van der Waals surface area contributed by atoms with Gasteiger partial charge in [-0.15, -0.1) is 0 Å². The van der Waals surface area contributed by atoms with Crippen molar-refractivity contribution >= 4 is 11.9 Å². The summed E-state index contributed by atoms with van der Waals surface area (Å²) >= 11 is 0. The van der Waals surface area contributed by atoms with Crippen molar-refractivity contribution in [3.05, 3.63) is 66.2 Å². The second-order valence-corrected chi connectivity index (χ2v) is 3.72. The first-order valence-corrected chi connectivity index (χ1v) is 5.66. The highest BCUT2D eigenvalue weighted by Gasteiger charge is 2.04. The molecule has 0 fully saturated rings. The van der Waals surface area contributed by atoms with Crippen LogP contribution in [0.2, 0.25) is 0 Å². The number of hydrogen-bond donors (Lipinski definition) is 2. The Bertz CT molecular complexity index is 508. The monoisotopic (exact) mass is 238 g/mol. The molecule has 0 bridgehead atoms. The molecular formula is C14H14N4. The van der Waals surface area contributed by atoms with E-state index in [1.54, 1.807) is 0 Å². The zero-order chi connectivity index (χ0) is 12.6. The highest BCUT2D eigenvalue weighted by atomic mass is 15.4. The van der Waals surface area contributed by atoms with Crippen molar-refractivity contribution < 1.29 is 0 Å². The average molecular weight is 238 g/mol. The number of rotatable bonds is 5.